The highest BCUT2D eigenvalue weighted by atomic mass is 32.1. The Kier molecular flexibility index (Phi) is 6.41. The van der Waals surface area contributed by atoms with Crippen molar-refractivity contribution in [3.8, 4) is 33.5 Å². The van der Waals surface area contributed by atoms with Crippen molar-refractivity contribution in [2.24, 2.45) is 0 Å². The van der Waals surface area contributed by atoms with Crippen LogP contribution in [0.4, 0.5) is 0 Å². The van der Waals surface area contributed by atoms with E-state index >= 15 is 0 Å². The van der Waals surface area contributed by atoms with Gasteiger partial charge in [0.1, 0.15) is 11.2 Å². The van der Waals surface area contributed by atoms with Gasteiger partial charge in [0.25, 0.3) is 0 Å². The Morgan fingerprint density at radius 3 is 2.26 bits per heavy atom. The minimum Gasteiger partial charge on any atom is -0.456 e. The molecule has 9 rings (SSSR count). The molecule has 0 saturated carbocycles. The molecule has 0 aliphatic heterocycles. The second kappa shape index (κ2) is 10.9. The van der Waals surface area contributed by atoms with Crippen LogP contribution in [0.25, 0.3) is 93.3 Å². The summed E-state index contributed by atoms with van der Waals surface area (Å²) in [5.74, 6) is 0. The number of benzene rings is 6. The van der Waals surface area contributed by atoms with Crippen LogP contribution < -0.4 is 0 Å². The van der Waals surface area contributed by atoms with Crippen LogP contribution in [0, 0.1) is 6.92 Å². The van der Waals surface area contributed by atoms with E-state index in [0.717, 1.165) is 55.0 Å². The fourth-order valence-electron chi connectivity index (χ4n) is 7.16. The number of para-hydroxylation sites is 2. The molecule has 0 amide bonds. The third-order valence-electron chi connectivity index (χ3n) is 9.17. The van der Waals surface area contributed by atoms with Crippen molar-refractivity contribution in [2.75, 3.05) is 0 Å². The van der Waals surface area contributed by atoms with E-state index in [4.69, 9.17) is 9.40 Å². The van der Waals surface area contributed by atoms with Gasteiger partial charge in [-0.15, -0.1) is 11.3 Å². The highest BCUT2D eigenvalue weighted by molar-refractivity contribution is 7.19. The number of allylic oxidation sites excluding steroid dienone is 2. The molecule has 0 fully saturated rings. The number of thiophene rings is 1. The van der Waals surface area contributed by atoms with Crippen LogP contribution in [0.3, 0.4) is 0 Å². The fourth-order valence-corrected chi connectivity index (χ4v) is 8.24. The highest BCUT2D eigenvalue weighted by Crippen LogP contribution is 2.47. The van der Waals surface area contributed by atoms with Crippen LogP contribution in [0.1, 0.15) is 10.4 Å². The Hall–Kier alpha value is -5.77. The molecule has 222 valence electrons. The maximum atomic E-state index is 6.61. The van der Waals surface area contributed by atoms with E-state index in [1.54, 1.807) is 0 Å². The van der Waals surface area contributed by atoms with Gasteiger partial charge < -0.3 is 4.42 Å². The fraction of sp³-hybridized carbons (Fsp3) is 0.0227. The summed E-state index contributed by atoms with van der Waals surface area (Å²) in [6, 6.07) is 45.2. The van der Waals surface area contributed by atoms with E-state index in [1.165, 1.54) is 42.6 Å². The third kappa shape index (κ3) is 4.35. The molecule has 0 saturated heterocycles. The van der Waals surface area contributed by atoms with E-state index in [9.17, 15) is 0 Å². The summed E-state index contributed by atoms with van der Waals surface area (Å²) in [4.78, 5) is 6.55. The smallest absolute Gasteiger partial charge is 0.136 e. The van der Waals surface area contributed by atoms with Gasteiger partial charge in [0, 0.05) is 53.0 Å². The molecule has 0 radical (unpaired) electrons. The predicted octanol–water partition coefficient (Wildman–Crippen LogP) is 13.0. The molecule has 0 aliphatic rings. The van der Waals surface area contributed by atoms with E-state index in [2.05, 4.69) is 141 Å². The van der Waals surface area contributed by atoms with Crippen molar-refractivity contribution in [1.29, 1.82) is 0 Å². The summed E-state index contributed by atoms with van der Waals surface area (Å²) in [5.41, 5.74) is 10.7. The molecule has 3 heterocycles. The molecule has 0 spiro atoms. The van der Waals surface area contributed by atoms with Crippen LogP contribution in [0.15, 0.2) is 151 Å². The first-order valence-corrected chi connectivity index (χ1v) is 16.7. The molecule has 6 aromatic carbocycles. The Balaban J connectivity index is 1.43. The molecule has 0 atom stereocenters. The Morgan fingerprint density at radius 1 is 0.638 bits per heavy atom. The second-order valence-corrected chi connectivity index (χ2v) is 13.2. The quantitative estimate of drug-likeness (QED) is 0.141. The summed E-state index contributed by atoms with van der Waals surface area (Å²) in [7, 11) is 0. The standard InChI is InChI=1S/C44H29NOS/c1-3-4-18-31-27(2)47-39-24-13-21-32(41(31)39)29-16-12-17-30(25-29)40-42-33-19-8-10-22-36(33)45-44(28-14-6-5-7-15-28)35(42)26-38-43(40)34-20-9-11-23-37(34)46-38/h3-26H,1H2,2H3/b18-4-. The highest BCUT2D eigenvalue weighted by Gasteiger charge is 2.22. The molecule has 3 aromatic heterocycles. The Morgan fingerprint density at radius 2 is 1.38 bits per heavy atom. The van der Waals surface area contributed by atoms with Gasteiger partial charge in [-0.05, 0) is 59.5 Å². The number of pyridine rings is 1. The summed E-state index contributed by atoms with van der Waals surface area (Å²) in [5, 5.41) is 6.91. The number of furan rings is 1. The first kappa shape index (κ1) is 27.5. The first-order chi connectivity index (χ1) is 23.2. The van der Waals surface area contributed by atoms with Gasteiger partial charge in [-0.3, -0.25) is 0 Å². The van der Waals surface area contributed by atoms with Gasteiger partial charge >= 0.3 is 0 Å². The molecule has 0 unspecified atom stereocenters. The molecular formula is C44H29NOS. The molecule has 3 heteroatoms. The SMILES string of the molecule is C=C/C=C\c1c(C)sc2cccc(-c3cccc(-c4c5c(cc6c(-c7ccccc7)nc7ccccc7c46)oc4ccccc45)c3)c12. The number of aryl methyl sites for hydroxylation is 1. The van der Waals surface area contributed by atoms with Gasteiger partial charge in [-0.25, -0.2) is 4.98 Å². The van der Waals surface area contributed by atoms with Crippen molar-refractivity contribution < 1.29 is 4.42 Å². The zero-order chi connectivity index (χ0) is 31.5. The molecule has 0 bridgehead atoms. The first-order valence-electron chi connectivity index (χ1n) is 15.8. The normalized spacial score (nSPS) is 11.9. The maximum absolute atomic E-state index is 6.61. The maximum Gasteiger partial charge on any atom is 0.136 e. The van der Waals surface area contributed by atoms with Crippen molar-refractivity contribution in [1.82, 2.24) is 4.98 Å². The molecule has 0 aliphatic carbocycles. The Labute approximate surface area is 276 Å². The minimum atomic E-state index is 0.862. The van der Waals surface area contributed by atoms with E-state index < -0.39 is 0 Å². The van der Waals surface area contributed by atoms with Crippen LogP contribution in [0.2, 0.25) is 0 Å². The summed E-state index contributed by atoms with van der Waals surface area (Å²) < 4.78 is 7.90. The van der Waals surface area contributed by atoms with Crippen molar-refractivity contribution in [3.05, 3.63) is 157 Å². The van der Waals surface area contributed by atoms with E-state index in [1.807, 2.05) is 29.6 Å². The lowest BCUT2D eigenvalue weighted by Gasteiger charge is -2.16. The number of aromatic nitrogens is 1. The van der Waals surface area contributed by atoms with Gasteiger partial charge in [-0.2, -0.15) is 0 Å². The van der Waals surface area contributed by atoms with Gasteiger partial charge in [-0.1, -0.05) is 122 Å². The average molecular weight is 620 g/mol. The van der Waals surface area contributed by atoms with Gasteiger partial charge in [0.05, 0.1) is 11.2 Å². The molecular weight excluding hydrogens is 591 g/mol. The van der Waals surface area contributed by atoms with Crippen LogP contribution >= 0.6 is 11.3 Å². The van der Waals surface area contributed by atoms with Crippen LogP contribution in [0.5, 0.6) is 0 Å². The van der Waals surface area contributed by atoms with Crippen molar-refractivity contribution in [2.45, 2.75) is 6.92 Å². The lowest BCUT2D eigenvalue weighted by molar-refractivity contribution is 0.669. The van der Waals surface area contributed by atoms with Crippen molar-refractivity contribution in [3.63, 3.8) is 0 Å². The lowest BCUT2D eigenvalue weighted by atomic mass is 9.88. The van der Waals surface area contributed by atoms with Crippen LogP contribution in [-0.4, -0.2) is 4.98 Å². The number of hydrogen-bond acceptors (Lipinski definition) is 3. The monoisotopic (exact) mass is 619 g/mol. The number of rotatable bonds is 5. The zero-order valence-electron chi connectivity index (χ0n) is 25.8. The number of fused-ring (bicyclic) bond motifs is 7. The third-order valence-corrected chi connectivity index (χ3v) is 10.3. The second-order valence-electron chi connectivity index (χ2n) is 11.9. The van der Waals surface area contributed by atoms with Crippen LogP contribution in [-0.2, 0) is 0 Å². The predicted molar refractivity (Wildman–Crippen MR) is 202 cm³/mol. The average Bonchev–Trinajstić information content (AvgIpc) is 3.66. The van der Waals surface area contributed by atoms with Crippen molar-refractivity contribution >= 4 is 71.1 Å². The number of hydrogen-bond donors (Lipinski definition) is 0. The van der Waals surface area contributed by atoms with E-state index in [-0.39, 0.29) is 0 Å². The topological polar surface area (TPSA) is 26.0 Å². The summed E-state index contributed by atoms with van der Waals surface area (Å²) in [6.07, 6.45) is 6.06. The molecule has 47 heavy (non-hydrogen) atoms. The summed E-state index contributed by atoms with van der Waals surface area (Å²) >= 11 is 1.84. The van der Waals surface area contributed by atoms with E-state index in [0.29, 0.717) is 0 Å². The largest absolute Gasteiger partial charge is 0.456 e. The zero-order valence-corrected chi connectivity index (χ0v) is 26.6. The molecule has 2 nitrogen and oxygen atoms in total. The summed E-state index contributed by atoms with van der Waals surface area (Å²) in [6.45, 7) is 6.12. The lowest BCUT2D eigenvalue weighted by Crippen LogP contribution is -1.93. The molecule has 0 N–H and O–H groups in total. The van der Waals surface area contributed by atoms with Gasteiger partial charge in [0.2, 0.25) is 0 Å². The van der Waals surface area contributed by atoms with Gasteiger partial charge in [0.15, 0.2) is 0 Å². The number of nitrogens with zero attached hydrogens (tertiary/aromatic N) is 1. The molecule has 9 aromatic rings. The minimum absolute atomic E-state index is 0.862. The Bertz CT molecular complexity index is 2710.